The molecule has 1 unspecified atom stereocenters. The molecule has 66 valence electrons. The van der Waals surface area contributed by atoms with Crippen LogP contribution in [0.3, 0.4) is 0 Å². The van der Waals surface area contributed by atoms with Gasteiger partial charge in [-0.3, -0.25) is 0 Å². The van der Waals surface area contributed by atoms with Crippen LogP contribution in [0.2, 0.25) is 0 Å². The summed E-state index contributed by atoms with van der Waals surface area (Å²) in [5.41, 5.74) is 0. The third-order valence-electron chi connectivity index (χ3n) is 2.23. The van der Waals surface area contributed by atoms with Crippen molar-refractivity contribution >= 4 is 13.3 Å². The van der Waals surface area contributed by atoms with E-state index in [2.05, 4.69) is 31.5 Å². The molecule has 1 atom stereocenters. The van der Waals surface area contributed by atoms with Crippen molar-refractivity contribution in [2.45, 2.75) is 32.6 Å². The molecular weight excluding hydrogens is 163 g/mol. The van der Waals surface area contributed by atoms with Crippen LogP contribution >= 0.6 is 7.55 Å². The van der Waals surface area contributed by atoms with Crippen molar-refractivity contribution in [2.75, 3.05) is 6.16 Å². The van der Waals surface area contributed by atoms with Gasteiger partial charge in [-0.05, 0) is 32.3 Å². The van der Waals surface area contributed by atoms with Crippen LogP contribution in [0.5, 0.6) is 0 Å². The van der Waals surface area contributed by atoms with Crippen molar-refractivity contribution in [3.05, 3.63) is 24.0 Å². The highest BCUT2D eigenvalue weighted by Gasteiger charge is 2.17. The minimum Gasteiger partial charge on any atom is -0.0839 e. The minimum absolute atomic E-state index is 0.0283. The second-order valence-corrected chi connectivity index (χ2v) is 5.56. The molecule has 0 spiro atoms. The lowest BCUT2D eigenvalue weighted by Crippen LogP contribution is -1.77. The first-order valence-electron chi connectivity index (χ1n) is 4.75. The van der Waals surface area contributed by atoms with Crippen LogP contribution in [-0.4, -0.2) is 12.0 Å². The summed E-state index contributed by atoms with van der Waals surface area (Å²) in [5, 5.41) is 1.50. The van der Waals surface area contributed by atoms with Gasteiger partial charge in [0.15, 0.2) is 0 Å². The number of rotatable bonds is 1. The lowest BCUT2D eigenvalue weighted by Gasteiger charge is -1.90. The van der Waals surface area contributed by atoms with Gasteiger partial charge in [-0.2, -0.15) is 0 Å². The molecule has 12 heavy (non-hydrogen) atoms. The third kappa shape index (κ3) is 2.95. The summed E-state index contributed by atoms with van der Waals surface area (Å²) in [6.45, 7) is 6.25. The van der Waals surface area contributed by atoms with Crippen molar-refractivity contribution in [1.29, 1.82) is 0 Å². The Balaban J connectivity index is 2.65. The van der Waals surface area contributed by atoms with Gasteiger partial charge in [0.25, 0.3) is 0 Å². The fraction of sp³-hybridized carbons (Fsp3) is 0.545. The molecular formula is C11H18P+. The summed E-state index contributed by atoms with van der Waals surface area (Å²) in [7, 11) is 0.0283. The maximum Gasteiger partial charge on any atom is 0.127 e. The lowest BCUT2D eigenvalue weighted by molar-refractivity contribution is 0.743. The molecule has 0 amide bonds. The van der Waals surface area contributed by atoms with Crippen molar-refractivity contribution in [3.8, 4) is 0 Å². The predicted molar refractivity (Wildman–Crippen MR) is 60.3 cm³/mol. The van der Waals surface area contributed by atoms with Crippen molar-refractivity contribution < 1.29 is 0 Å². The fourth-order valence-corrected chi connectivity index (χ4v) is 3.53. The van der Waals surface area contributed by atoms with E-state index in [-0.39, 0.29) is 7.55 Å². The Hall–Kier alpha value is -0.350. The van der Waals surface area contributed by atoms with Gasteiger partial charge >= 0.3 is 0 Å². The molecule has 0 bridgehead atoms. The molecule has 0 nitrogen and oxygen atoms in total. The molecule has 1 rings (SSSR count). The van der Waals surface area contributed by atoms with E-state index in [1.807, 2.05) is 0 Å². The highest BCUT2D eigenvalue weighted by Crippen LogP contribution is 2.39. The average Bonchev–Trinajstić information content (AvgIpc) is 2.27. The van der Waals surface area contributed by atoms with E-state index in [0.717, 1.165) is 0 Å². The molecule has 1 aliphatic heterocycles. The smallest absolute Gasteiger partial charge is 0.0839 e. The Bertz CT molecular complexity index is 211. The molecule has 0 radical (unpaired) electrons. The topological polar surface area (TPSA) is 0 Å². The second-order valence-electron chi connectivity index (χ2n) is 3.25. The van der Waals surface area contributed by atoms with Gasteiger partial charge in [0.05, 0.1) is 0 Å². The van der Waals surface area contributed by atoms with Gasteiger partial charge in [0.1, 0.15) is 24.8 Å². The molecule has 1 aliphatic rings. The van der Waals surface area contributed by atoms with E-state index in [1.54, 1.807) is 0 Å². The third-order valence-corrected chi connectivity index (χ3v) is 4.60. The highest BCUT2D eigenvalue weighted by atomic mass is 31.1. The van der Waals surface area contributed by atoms with Gasteiger partial charge in [-0.1, -0.05) is 12.7 Å². The molecule has 1 heterocycles. The zero-order valence-electron chi connectivity index (χ0n) is 7.92. The minimum atomic E-state index is 0.0283. The number of allylic oxidation sites excluding steroid dienone is 3. The first-order valence-corrected chi connectivity index (χ1v) is 6.35. The molecule has 1 saturated heterocycles. The largest absolute Gasteiger partial charge is 0.127 e. The normalized spacial score (nSPS) is 23.4. The molecule has 0 aliphatic carbocycles. The standard InChI is InChI=1S/C11H18P/c1-3-4-9-12-10-7-5-6-8-11(12)2/h3-4,9H,2,5-8,10H2,1H3/q+1/b4-3-. The molecule has 0 saturated carbocycles. The van der Waals surface area contributed by atoms with Gasteiger partial charge in [-0.25, -0.2) is 0 Å². The lowest BCUT2D eigenvalue weighted by atomic mass is 10.2. The molecule has 0 aromatic carbocycles. The van der Waals surface area contributed by atoms with E-state index < -0.39 is 0 Å². The monoisotopic (exact) mass is 181 g/mol. The van der Waals surface area contributed by atoms with E-state index in [9.17, 15) is 0 Å². The van der Waals surface area contributed by atoms with Crippen molar-refractivity contribution in [3.63, 3.8) is 0 Å². The summed E-state index contributed by atoms with van der Waals surface area (Å²) >= 11 is 0. The molecule has 1 heteroatoms. The molecule has 0 aromatic rings. The Labute approximate surface area is 76.8 Å². The summed E-state index contributed by atoms with van der Waals surface area (Å²) < 4.78 is 0. The Morgan fingerprint density at radius 2 is 2.17 bits per heavy atom. The van der Waals surface area contributed by atoms with Crippen LogP contribution in [0.1, 0.15) is 32.6 Å². The highest BCUT2D eigenvalue weighted by molar-refractivity contribution is 7.61. The predicted octanol–water partition coefficient (Wildman–Crippen LogP) is 3.93. The zero-order valence-corrected chi connectivity index (χ0v) is 8.82. The van der Waals surface area contributed by atoms with Gasteiger partial charge in [0, 0.05) is 6.42 Å². The molecule has 0 aromatic heterocycles. The molecule has 0 N–H and O–H groups in total. The van der Waals surface area contributed by atoms with Crippen LogP contribution in [0.4, 0.5) is 0 Å². The zero-order chi connectivity index (χ0) is 8.81. The Morgan fingerprint density at radius 3 is 2.92 bits per heavy atom. The van der Waals surface area contributed by atoms with E-state index in [1.165, 1.54) is 37.2 Å². The summed E-state index contributed by atoms with van der Waals surface area (Å²) in [6, 6.07) is 0. The SMILES string of the molecule is C=C1CCCCC[P+]1=C/C=C\C. The van der Waals surface area contributed by atoms with Crippen LogP contribution in [0, 0.1) is 0 Å². The van der Waals surface area contributed by atoms with Crippen LogP contribution in [0.15, 0.2) is 24.0 Å². The maximum absolute atomic E-state index is 4.17. The van der Waals surface area contributed by atoms with E-state index in [0.29, 0.717) is 0 Å². The van der Waals surface area contributed by atoms with Crippen molar-refractivity contribution in [2.24, 2.45) is 0 Å². The summed E-state index contributed by atoms with van der Waals surface area (Å²) in [6.07, 6.45) is 11.1. The second kappa shape index (κ2) is 5.32. The summed E-state index contributed by atoms with van der Waals surface area (Å²) in [5.74, 6) is 2.36. The Kier molecular flexibility index (Phi) is 4.32. The van der Waals surface area contributed by atoms with Crippen molar-refractivity contribution in [1.82, 2.24) is 0 Å². The first-order chi connectivity index (χ1) is 5.84. The Morgan fingerprint density at radius 1 is 1.33 bits per heavy atom. The fourth-order valence-electron chi connectivity index (χ4n) is 1.46. The summed E-state index contributed by atoms with van der Waals surface area (Å²) in [4.78, 5) is 0. The van der Waals surface area contributed by atoms with Gasteiger partial charge < -0.3 is 0 Å². The average molecular weight is 181 g/mol. The molecule has 1 fully saturated rings. The van der Waals surface area contributed by atoms with Gasteiger partial charge in [-0.15, -0.1) is 0 Å². The number of hydrogen-bond donors (Lipinski definition) is 0. The van der Waals surface area contributed by atoms with E-state index in [4.69, 9.17) is 0 Å². The van der Waals surface area contributed by atoms with Crippen LogP contribution in [-0.2, 0) is 0 Å². The van der Waals surface area contributed by atoms with Gasteiger partial charge in [0.2, 0.25) is 0 Å². The van der Waals surface area contributed by atoms with E-state index >= 15 is 0 Å². The first kappa shape index (κ1) is 9.74. The number of hydrogen-bond acceptors (Lipinski definition) is 0. The maximum atomic E-state index is 4.17. The van der Waals surface area contributed by atoms with Crippen LogP contribution in [0.25, 0.3) is 0 Å². The van der Waals surface area contributed by atoms with Crippen LogP contribution < -0.4 is 0 Å². The quantitative estimate of drug-likeness (QED) is 0.537.